The van der Waals surface area contributed by atoms with Crippen LogP contribution in [-0.4, -0.2) is 18.7 Å². The van der Waals surface area contributed by atoms with Gasteiger partial charge in [-0.25, -0.2) is 9.18 Å². The molecule has 0 N–H and O–H groups in total. The molecule has 1 aromatic carbocycles. The molecule has 0 aliphatic rings. The second kappa shape index (κ2) is 4.73. The summed E-state index contributed by atoms with van der Waals surface area (Å²) in [5.41, 5.74) is -0.0126. The van der Waals surface area contributed by atoms with E-state index in [1.807, 2.05) is 0 Å². The Bertz CT molecular complexity index is 433. The van der Waals surface area contributed by atoms with E-state index in [-0.39, 0.29) is 11.3 Å². The molecule has 0 bridgehead atoms. The Morgan fingerprint density at radius 2 is 1.88 bits per heavy atom. The molecule has 17 heavy (non-hydrogen) atoms. The lowest BCUT2D eigenvalue weighted by molar-refractivity contribution is 0.00639. The van der Waals surface area contributed by atoms with Crippen LogP contribution in [0.5, 0.6) is 5.75 Å². The summed E-state index contributed by atoms with van der Waals surface area (Å²) in [5.74, 6) is -1.32. The first-order chi connectivity index (χ1) is 7.74. The molecule has 0 spiro atoms. The van der Waals surface area contributed by atoms with E-state index in [2.05, 4.69) is 0 Å². The van der Waals surface area contributed by atoms with Crippen molar-refractivity contribution in [1.29, 1.82) is 0 Å². The number of rotatable bonds is 2. The van der Waals surface area contributed by atoms with Crippen LogP contribution in [0, 0.1) is 12.7 Å². The average Bonchev–Trinajstić information content (AvgIpc) is 2.18. The lowest BCUT2D eigenvalue weighted by Crippen LogP contribution is -2.24. The summed E-state index contributed by atoms with van der Waals surface area (Å²) in [6.45, 7) is 6.96. The largest absolute Gasteiger partial charge is 0.494 e. The van der Waals surface area contributed by atoms with Gasteiger partial charge in [-0.3, -0.25) is 0 Å². The third-order valence-electron chi connectivity index (χ3n) is 2.02. The molecular formula is C13H17FO3. The van der Waals surface area contributed by atoms with Crippen molar-refractivity contribution in [3.8, 4) is 5.75 Å². The standard InChI is InChI=1S/C13H17FO3/c1-8-6-9(11(14)10(7-8)16-5)12(15)17-13(2,3)4/h6-7H,1-5H3. The highest BCUT2D eigenvalue weighted by atomic mass is 19.1. The Morgan fingerprint density at radius 3 is 2.35 bits per heavy atom. The molecule has 0 amide bonds. The van der Waals surface area contributed by atoms with Crippen molar-refractivity contribution in [3.05, 3.63) is 29.1 Å². The number of methoxy groups -OCH3 is 1. The summed E-state index contributed by atoms with van der Waals surface area (Å²) in [6, 6.07) is 2.98. The lowest BCUT2D eigenvalue weighted by Gasteiger charge is -2.20. The first-order valence-corrected chi connectivity index (χ1v) is 5.32. The monoisotopic (exact) mass is 240 g/mol. The first kappa shape index (κ1) is 13.5. The lowest BCUT2D eigenvalue weighted by atomic mass is 10.1. The van der Waals surface area contributed by atoms with Gasteiger partial charge in [-0.1, -0.05) is 0 Å². The SMILES string of the molecule is COc1cc(C)cc(C(=O)OC(C)(C)C)c1F. The van der Waals surface area contributed by atoms with Crippen LogP contribution in [0.2, 0.25) is 0 Å². The highest BCUT2D eigenvalue weighted by Gasteiger charge is 2.23. The fourth-order valence-electron chi connectivity index (χ4n) is 1.37. The molecule has 0 aromatic heterocycles. The average molecular weight is 240 g/mol. The number of halogens is 1. The van der Waals surface area contributed by atoms with Gasteiger partial charge in [0.25, 0.3) is 0 Å². The van der Waals surface area contributed by atoms with Crippen LogP contribution >= 0.6 is 0 Å². The maximum absolute atomic E-state index is 13.9. The number of hydrogen-bond acceptors (Lipinski definition) is 3. The maximum Gasteiger partial charge on any atom is 0.341 e. The van der Waals surface area contributed by atoms with Gasteiger partial charge in [-0.15, -0.1) is 0 Å². The van der Waals surface area contributed by atoms with Crippen LogP contribution in [-0.2, 0) is 4.74 Å². The van der Waals surface area contributed by atoms with Crippen molar-refractivity contribution in [2.75, 3.05) is 7.11 Å². The summed E-state index contributed by atoms with van der Waals surface area (Å²) >= 11 is 0. The molecule has 1 rings (SSSR count). The predicted molar refractivity (Wildman–Crippen MR) is 62.9 cm³/mol. The van der Waals surface area contributed by atoms with Crippen LogP contribution in [0.4, 0.5) is 4.39 Å². The van der Waals surface area contributed by atoms with Crippen molar-refractivity contribution in [3.63, 3.8) is 0 Å². The van der Waals surface area contributed by atoms with Gasteiger partial charge < -0.3 is 9.47 Å². The second-order valence-corrected chi connectivity index (χ2v) is 4.83. The van der Waals surface area contributed by atoms with Gasteiger partial charge in [0.15, 0.2) is 11.6 Å². The smallest absolute Gasteiger partial charge is 0.341 e. The number of ether oxygens (including phenoxy) is 2. The molecule has 94 valence electrons. The topological polar surface area (TPSA) is 35.5 Å². The molecule has 0 fully saturated rings. The summed E-state index contributed by atoms with van der Waals surface area (Å²) in [7, 11) is 1.36. The number of aryl methyl sites for hydroxylation is 1. The zero-order valence-electron chi connectivity index (χ0n) is 10.8. The van der Waals surface area contributed by atoms with Crippen molar-refractivity contribution in [2.45, 2.75) is 33.3 Å². The molecule has 0 saturated carbocycles. The van der Waals surface area contributed by atoms with Gasteiger partial charge >= 0.3 is 5.97 Å². The maximum atomic E-state index is 13.9. The minimum atomic E-state index is -0.688. The van der Waals surface area contributed by atoms with E-state index >= 15 is 0 Å². The molecule has 0 atom stereocenters. The number of carbonyl (C=O) groups is 1. The van der Waals surface area contributed by atoms with Crippen LogP contribution in [0.15, 0.2) is 12.1 Å². The molecular weight excluding hydrogens is 223 g/mol. The number of esters is 1. The fraction of sp³-hybridized carbons (Fsp3) is 0.462. The molecule has 0 aliphatic carbocycles. The summed E-state index contributed by atoms with van der Waals surface area (Å²) in [4.78, 5) is 11.8. The van der Waals surface area contributed by atoms with Gasteiger partial charge in [0.2, 0.25) is 0 Å². The highest BCUT2D eigenvalue weighted by Crippen LogP contribution is 2.24. The van der Waals surface area contributed by atoms with Gasteiger partial charge in [-0.05, 0) is 45.4 Å². The van der Waals surface area contributed by atoms with Crippen LogP contribution in [0.25, 0.3) is 0 Å². The number of benzene rings is 1. The van der Waals surface area contributed by atoms with Gasteiger partial charge in [0.1, 0.15) is 5.60 Å². The quantitative estimate of drug-likeness (QED) is 0.745. The third-order valence-corrected chi connectivity index (χ3v) is 2.02. The van der Waals surface area contributed by atoms with E-state index in [1.165, 1.54) is 19.2 Å². The number of carbonyl (C=O) groups excluding carboxylic acids is 1. The van der Waals surface area contributed by atoms with Crippen molar-refractivity contribution >= 4 is 5.97 Å². The third kappa shape index (κ3) is 3.44. The summed E-state index contributed by atoms with van der Waals surface area (Å²) < 4.78 is 23.8. The van der Waals surface area contributed by atoms with Gasteiger partial charge in [0.05, 0.1) is 12.7 Å². The Hall–Kier alpha value is -1.58. The molecule has 0 unspecified atom stereocenters. The Labute approximate surface area is 101 Å². The summed E-state index contributed by atoms with van der Waals surface area (Å²) in [5, 5.41) is 0. The first-order valence-electron chi connectivity index (χ1n) is 5.32. The van der Waals surface area contributed by atoms with Crippen LogP contribution in [0.3, 0.4) is 0 Å². The molecule has 1 aromatic rings. The molecule has 0 saturated heterocycles. The van der Waals surface area contributed by atoms with Gasteiger partial charge in [-0.2, -0.15) is 0 Å². The number of hydrogen-bond donors (Lipinski definition) is 0. The van der Waals surface area contributed by atoms with Crippen molar-refractivity contribution in [1.82, 2.24) is 0 Å². The van der Waals surface area contributed by atoms with E-state index in [9.17, 15) is 9.18 Å². The molecule has 0 heterocycles. The molecule has 4 heteroatoms. The van der Waals surface area contributed by atoms with E-state index in [1.54, 1.807) is 27.7 Å². The van der Waals surface area contributed by atoms with Crippen molar-refractivity contribution in [2.24, 2.45) is 0 Å². The summed E-state index contributed by atoms with van der Waals surface area (Å²) in [6.07, 6.45) is 0. The Balaban J connectivity index is 3.14. The second-order valence-electron chi connectivity index (χ2n) is 4.83. The van der Waals surface area contributed by atoms with E-state index in [0.717, 1.165) is 5.56 Å². The minimum Gasteiger partial charge on any atom is -0.494 e. The molecule has 3 nitrogen and oxygen atoms in total. The minimum absolute atomic E-state index is 0.0471. The van der Waals surface area contributed by atoms with Crippen LogP contribution in [0.1, 0.15) is 36.7 Å². The van der Waals surface area contributed by atoms with Crippen molar-refractivity contribution < 1.29 is 18.7 Å². The highest BCUT2D eigenvalue weighted by molar-refractivity contribution is 5.90. The van der Waals surface area contributed by atoms with E-state index in [0.29, 0.717) is 0 Å². The zero-order chi connectivity index (χ0) is 13.2. The Kier molecular flexibility index (Phi) is 3.76. The predicted octanol–water partition coefficient (Wildman–Crippen LogP) is 3.10. The normalized spacial score (nSPS) is 11.2. The fourth-order valence-corrected chi connectivity index (χ4v) is 1.37. The molecule has 0 radical (unpaired) electrons. The van der Waals surface area contributed by atoms with E-state index < -0.39 is 17.4 Å². The van der Waals surface area contributed by atoms with Crippen LogP contribution < -0.4 is 4.74 Å². The van der Waals surface area contributed by atoms with E-state index in [4.69, 9.17) is 9.47 Å². The Morgan fingerprint density at radius 1 is 1.29 bits per heavy atom. The molecule has 0 aliphatic heterocycles. The zero-order valence-corrected chi connectivity index (χ0v) is 10.8. The van der Waals surface area contributed by atoms with Gasteiger partial charge in [0, 0.05) is 0 Å².